The number of alkyl halides is 1. The van der Waals surface area contributed by atoms with Crippen LogP contribution in [0.2, 0.25) is 0 Å². The third-order valence-corrected chi connectivity index (χ3v) is 5.50. The number of hydrogen-bond donors (Lipinski definition) is 1. The molecule has 0 bridgehead atoms. The molecule has 1 heterocycles. The second-order valence-electron chi connectivity index (χ2n) is 7.24. The highest BCUT2D eigenvalue weighted by molar-refractivity contribution is 6.28. The highest BCUT2D eigenvalue weighted by atomic mass is 35.5. The van der Waals surface area contributed by atoms with Gasteiger partial charge < -0.3 is 10.2 Å². The van der Waals surface area contributed by atoms with Gasteiger partial charge in [0.05, 0.1) is 12.1 Å². The Bertz CT molecular complexity index is 774. The Morgan fingerprint density at radius 1 is 1.14 bits per heavy atom. The van der Waals surface area contributed by atoms with E-state index in [1.165, 1.54) is 6.92 Å². The molecule has 4 amide bonds. The number of benzene rings is 1. The Balaban J connectivity index is 1.82. The van der Waals surface area contributed by atoms with Gasteiger partial charge in [-0.05, 0) is 37.1 Å². The lowest BCUT2D eigenvalue weighted by atomic mass is 9.92. The summed E-state index contributed by atoms with van der Waals surface area (Å²) in [4.78, 5) is 52.0. The molecule has 3 rings (SSSR count). The minimum Gasteiger partial charge on any atom is -0.326 e. The molecule has 1 saturated carbocycles. The van der Waals surface area contributed by atoms with Crippen LogP contribution in [-0.4, -0.2) is 46.5 Å². The van der Waals surface area contributed by atoms with Crippen LogP contribution in [-0.2, 0) is 19.2 Å². The van der Waals surface area contributed by atoms with Crippen LogP contribution >= 0.6 is 11.6 Å². The minimum absolute atomic E-state index is 0.0363. The third-order valence-electron chi connectivity index (χ3n) is 5.27. The summed E-state index contributed by atoms with van der Waals surface area (Å²) >= 11 is 5.81. The van der Waals surface area contributed by atoms with Crippen molar-refractivity contribution in [1.82, 2.24) is 4.90 Å². The Kier molecular flexibility index (Phi) is 6.34. The summed E-state index contributed by atoms with van der Waals surface area (Å²) < 4.78 is 0. The fourth-order valence-electron chi connectivity index (χ4n) is 4.06. The van der Waals surface area contributed by atoms with Gasteiger partial charge in [0.15, 0.2) is 0 Å². The molecule has 2 aliphatic rings. The van der Waals surface area contributed by atoms with Gasteiger partial charge >= 0.3 is 0 Å². The normalized spacial score (nSPS) is 20.4. The van der Waals surface area contributed by atoms with Gasteiger partial charge in [-0.2, -0.15) is 0 Å². The first-order valence-electron chi connectivity index (χ1n) is 9.54. The van der Waals surface area contributed by atoms with Crippen molar-refractivity contribution < 1.29 is 19.2 Å². The molecule has 0 radical (unpaired) electrons. The van der Waals surface area contributed by atoms with E-state index in [0.717, 1.165) is 37.0 Å². The molecule has 7 nitrogen and oxygen atoms in total. The van der Waals surface area contributed by atoms with Crippen molar-refractivity contribution in [2.75, 3.05) is 16.1 Å². The van der Waals surface area contributed by atoms with Crippen molar-refractivity contribution in [2.45, 2.75) is 57.5 Å². The average molecular weight is 406 g/mol. The van der Waals surface area contributed by atoms with Crippen LogP contribution in [0.3, 0.4) is 0 Å². The Morgan fingerprint density at radius 2 is 1.79 bits per heavy atom. The van der Waals surface area contributed by atoms with Crippen LogP contribution in [0.1, 0.15) is 45.4 Å². The molecular formula is C20H24ClN3O4. The fraction of sp³-hybridized carbons (Fsp3) is 0.500. The first kappa shape index (κ1) is 20.3. The number of amides is 4. The molecule has 1 unspecified atom stereocenters. The summed E-state index contributed by atoms with van der Waals surface area (Å²) in [7, 11) is 0. The van der Waals surface area contributed by atoms with Gasteiger partial charge in [-0.3, -0.25) is 19.2 Å². The zero-order valence-corrected chi connectivity index (χ0v) is 16.6. The minimum atomic E-state index is -0.808. The lowest BCUT2D eigenvalue weighted by molar-refractivity contribution is -0.139. The molecule has 1 atom stereocenters. The van der Waals surface area contributed by atoms with E-state index in [2.05, 4.69) is 5.32 Å². The van der Waals surface area contributed by atoms with Gasteiger partial charge in [-0.1, -0.05) is 19.3 Å². The standard InChI is InChI=1S/C20H24ClN3O4/c1-13(25)22-14-7-9-16(10-8-14)24-18(26)11-17(20(24)28)23(19(27)12-21)15-5-3-2-4-6-15/h7-10,15,17H,2-6,11-12H2,1H3,(H,22,25). The lowest BCUT2D eigenvalue weighted by Crippen LogP contribution is -2.51. The number of carbonyl (C=O) groups is 4. The number of hydrogen-bond acceptors (Lipinski definition) is 4. The molecule has 1 aromatic carbocycles. The van der Waals surface area contributed by atoms with Gasteiger partial charge in [0.1, 0.15) is 11.9 Å². The second kappa shape index (κ2) is 8.73. The summed E-state index contributed by atoms with van der Waals surface area (Å²) in [6.45, 7) is 1.40. The summed E-state index contributed by atoms with van der Waals surface area (Å²) in [5.74, 6) is -1.46. The number of anilines is 2. The number of halogens is 1. The zero-order chi connectivity index (χ0) is 20.3. The highest BCUT2D eigenvalue weighted by Gasteiger charge is 2.46. The lowest BCUT2D eigenvalue weighted by Gasteiger charge is -2.37. The summed E-state index contributed by atoms with van der Waals surface area (Å²) in [6.07, 6.45) is 4.73. The van der Waals surface area contributed by atoms with Gasteiger partial charge in [-0.25, -0.2) is 4.90 Å². The average Bonchev–Trinajstić information content (AvgIpc) is 2.97. The van der Waals surface area contributed by atoms with Crippen LogP contribution in [0.25, 0.3) is 0 Å². The van der Waals surface area contributed by atoms with Gasteiger partial charge in [-0.15, -0.1) is 11.6 Å². The Morgan fingerprint density at radius 3 is 2.36 bits per heavy atom. The molecule has 2 fully saturated rings. The van der Waals surface area contributed by atoms with Crippen molar-refractivity contribution >= 4 is 46.6 Å². The first-order valence-corrected chi connectivity index (χ1v) is 10.1. The van der Waals surface area contributed by atoms with E-state index in [1.807, 2.05) is 0 Å². The molecular weight excluding hydrogens is 382 g/mol. The van der Waals surface area contributed by atoms with Crippen molar-refractivity contribution in [3.8, 4) is 0 Å². The summed E-state index contributed by atoms with van der Waals surface area (Å²) in [5.41, 5.74) is 1.00. The number of carbonyl (C=O) groups excluding carboxylic acids is 4. The SMILES string of the molecule is CC(=O)Nc1ccc(N2C(=O)CC(N(C(=O)CCl)C3CCCCC3)C2=O)cc1. The van der Waals surface area contributed by atoms with Crippen LogP contribution in [0.15, 0.2) is 24.3 Å². The molecule has 28 heavy (non-hydrogen) atoms. The molecule has 0 aromatic heterocycles. The molecule has 150 valence electrons. The van der Waals surface area contributed by atoms with E-state index in [1.54, 1.807) is 29.2 Å². The molecule has 1 saturated heterocycles. The monoisotopic (exact) mass is 405 g/mol. The number of nitrogens with zero attached hydrogens (tertiary/aromatic N) is 2. The second-order valence-corrected chi connectivity index (χ2v) is 7.51. The van der Waals surface area contributed by atoms with Crippen LogP contribution in [0.4, 0.5) is 11.4 Å². The van der Waals surface area contributed by atoms with Gasteiger partial charge in [0.2, 0.25) is 17.7 Å². The quantitative estimate of drug-likeness (QED) is 0.602. The van der Waals surface area contributed by atoms with Gasteiger partial charge in [0, 0.05) is 18.7 Å². The predicted octanol–water partition coefficient (Wildman–Crippen LogP) is 2.68. The number of nitrogens with one attached hydrogen (secondary N) is 1. The Labute approximate surface area is 169 Å². The number of rotatable bonds is 5. The van der Waals surface area contributed by atoms with E-state index < -0.39 is 11.9 Å². The maximum absolute atomic E-state index is 13.1. The van der Waals surface area contributed by atoms with Crippen molar-refractivity contribution in [3.63, 3.8) is 0 Å². The van der Waals surface area contributed by atoms with E-state index in [-0.39, 0.29) is 36.1 Å². The number of imide groups is 1. The fourth-order valence-corrected chi connectivity index (χ4v) is 4.20. The zero-order valence-electron chi connectivity index (χ0n) is 15.8. The van der Waals surface area contributed by atoms with Crippen LogP contribution in [0, 0.1) is 0 Å². The molecule has 1 aromatic rings. The maximum atomic E-state index is 13.1. The highest BCUT2D eigenvalue weighted by Crippen LogP contribution is 2.31. The largest absolute Gasteiger partial charge is 0.326 e. The Hall–Kier alpha value is -2.41. The first-order chi connectivity index (χ1) is 13.4. The van der Waals surface area contributed by atoms with Gasteiger partial charge in [0.25, 0.3) is 5.91 Å². The topological polar surface area (TPSA) is 86.8 Å². The maximum Gasteiger partial charge on any atom is 0.257 e. The van der Waals surface area contributed by atoms with E-state index in [0.29, 0.717) is 11.4 Å². The van der Waals surface area contributed by atoms with E-state index >= 15 is 0 Å². The van der Waals surface area contributed by atoms with Crippen LogP contribution < -0.4 is 10.2 Å². The van der Waals surface area contributed by atoms with Crippen molar-refractivity contribution in [1.29, 1.82) is 0 Å². The van der Waals surface area contributed by atoms with Crippen molar-refractivity contribution in [3.05, 3.63) is 24.3 Å². The van der Waals surface area contributed by atoms with E-state index in [4.69, 9.17) is 11.6 Å². The molecule has 8 heteroatoms. The molecule has 0 spiro atoms. The van der Waals surface area contributed by atoms with E-state index in [9.17, 15) is 19.2 Å². The summed E-state index contributed by atoms with van der Waals surface area (Å²) in [5, 5.41) is 2.64. The smallest absolute Gasteiger partial charge is 0.257 e. The summed E-state index contributed by atoms with van der Waals surface area (Å²) in [6, 6.07) is 5.62. The molecule has 1 aliphatic heterocycles. The molecule has 1 N–H and O–H groups in total. The predicted molar refractivity (Wildman–Crippen MR) is 106 cm³/mol. The van der Waals surface area contributed by atoms with Crippen molar-refractivity contribution in [2.24, 2.45) is 0 Å². The third kappa shape index (κ3) is 4.19. The van der Waals surface area contributed by atoms with Crippen LogP contribution in [0.5, 0.6) is 0 Å². The molecule has 1 aliphatic carbocycles.